The molecule has 0 radical (unpaired) electrons. The lowest BCUT2D eigenvalue weighted by molar-refractivity contribution is 0.0248. The molecule has 0 bridgehead atoms. The van der Waals surface area contributed by atoms with Gasteiger partial charge in [0.2, 0.25) is 0 Å². The number of nitrogens with zero attached hydrogens (tertiary/aromatic N) is 3. The molecule has 188 valence electrons. The zero-order valence-electron chi connectivity index (χ0n) is 18.1. The summed E-state index contributed by atoms with van der Waals surface area (Å²) in [7, 11) is -3.02. The number of aliphatic hydroxyl groups excluding tert-OH is 1. The van der Waals surface area contributed by atoms with E-state index in [2.05, 4.69) is 15.3 Å². The van der Waals surface area contributed by atoms with Gasteiger partial charge in [0, 0.05) is 31.4 Å². The number of furan rings is 1. The number of aromatic nitrogens is 3. The minimum absolute atomic E-state index is 0.00339. The van der Waals surface area contributed by atoms with Crippen LogP contribution in [0.3, 0.4) is 0 Å². The van der Waals surface area contributed by atoms with Crippen molar-refractivity contribution in [2.45, 2.75) is 37.4 Å². The number of carbonyl (C=O) groups is 1. The van der Waals surface area contributed by atoms with E-state index in [0.717, 1.165) is 13.4 Å². The van der Waals surface area contributed by atoms with E-state index in [4.69, 9.17) is 31.8 Å². The van der Waals surface area contributed by atoms with Crippen molar-refractivity contribution in [2.24, 2.45) is 0 Å². The van der Waals surface area contributed by atoms with Gasteiger partial charge in [0.05, 0.1) is 18.2 Å². The summed E-state index contributed by atoms with van der Waals surface area (Å²) < 4.78 is 51.7. The van der Waals surface area contributed by atoms with Crippen LogP contribution in [0.4, 0.5) is 10.2 Å². The molecule has 3 aromatic heterocycles. The van der Waals surface area contributed by atoms with Crippen LogP contribution in [0, 0.1) is 0 Å². The summed E-state index contributed by atoms with van der Waals surface area (Å²) in [6, 6.07) is 3.63. The van der Waals surface area contributed by atoms with Gasteiger partial charge in [0.1, 0.15) is 41.4 Å². The third-order valence-corrected chi connectivity index (χ3v) is 6.95. The van der Waals surface area contributed by atoms with Crippen LogP contribution < -0.4 is 10.0 Å². The van der Waals surface area contributed by atoms with E-state index < -0.39 is 40.5 Å². The Bertz CT molecular complexity index is 1330. The Morgan fingerprint density at radius 1 is 1.40 bits per heavy atom. The second-order valence-electron chi connectivity index (χ2n) is 7.71. The van der Waals surface area contributed by atoms with E-state index in [9.17, 15) is 22.7 Å². The third kappa shape index (κ3) is 5.66. The first-order valence-corrected chi connectivity index (χ1v) is 12.4. The fraction of sp³-hybridized carbons (Fsp3) is 0.350. The molecule has 0 saturated heterocycles. The summed E-state index contributed by atoms with van der Waals surface area (Å²) in [5.41, 5.74) is 0.242. The first-order chi connectivity index (χ1) is 16.6. The van der Waals surface area contributed by atoms with Crippen LogP contribution in [0.2, 0.25) is 10.4 Å². The average Bonchev–Trinajstić information content (AvgIpc) is 3.48. The van der Waals surface area contributed by atoms with Crippen molar-refractivity contribution in [3.8, 4) is 0 Å². The van der Waals surface area contributed by atoms with Crippen molar-refractivity contribution in [3.63, 3.8) is 0 Å². The molecule has 15 heteroatoms. The predicted molar refractivity (Wildman–Crippen MR) is 124 cm³/mol. The quantitative estimate of drug-likeness (QED) is 0.342. The van der Waals surface area contributed by atoms with Crippen LogP contribution in [0.15, 0.2) is 41.3 Å². The maximum absolute atomic E-state index is 14.7. The number of anilines is 1. The number of hydrogen-bond acceptors (Lipinski definition) is 9. The van der Waals surface area contributed by atoms with Crippen molar-refractivity contribution < 1.29 is 31.3 Å². The normalized spacial score (nSPS) is 22.4. The summed E-state index contributed by atoms with van der Waals surface area (Å²) in [5.74, 6) is 0.0390. The van der Waals surface area contributed by atoms with Gasteiger partial charge in [-0.15, -0.1) is 0 Å². The lowest BCUT2D eigenvalue weighted by atomic mass is 10.1. The molecule has 0 unspecified atom stereocenters. The topological polar surface area (TPSA) is 149 Å². The van der Waals surface area contributed by atoms with Gasteiger partial charge in [-0.3, -0.25) is 8.98 Å². The van der Waals surface area contributed by atoms with Crippen LogP contribution in [0.25, 0.3) is 0 Å². The van der Waals surface area contributed by atoms with Gasteiger partial charge < -0.3 is 19.4 Å². The minimum atomic E-state index is -4.15. The van der Waals surface area contributed by atoms with Gasteiger partial charge in [-0.2, -0.15) is 13.1 Å². The number of alkyl halides is 1. The number of hydrogen-bond donors (Lipinski definition) is 3. The molecule has 4 atom stereocenters. The van der Waals surface area contributed by atoms with Crippen molar-refractivity contribution in [2.75, 3.05) is 12.4 Å². The van der Waals surface area contributed by atoms with Crippen LogP contribution in [-0.4, -0.2) is 65.3 Å². The molecule has 0 aromatic carbocycles. The Labute approximate surface area is 209 Å². The SMILES string of the molecule is CNS(=O)(=O)O[C@@H]1C[C@@H](Nc2ncncc2C(=O)c2cc(Cl)n(Cc3ccc(Cl)o3)c2)[C@@H](F)[C@@H]1O. The first-order valence-electron chi connectivity index (χ1n) is 10.2. The smallest absolute Gasteiger partial charge is 0.335 e. The third-order valence-electron chi connectivity index (χ3n) is 5.42. The highest BCUT2D eigenvalue weighted by Gasteiger charge is 2.46. The van der Waals surface area contributed by atoms with Gasteiger partial charge in [-0.1, -0.05) is 11.6 Å². The van der Waals surface area contributed by atoms with Crippen molar-refractivity contribution >= 4 is 45.1 Å². The van der Waals surface area contributed by atoms with E-state index in [1.807, 2.05) is 4.72 Å². The highest BCUT2D eigenvalue weighted by atomic mass is 35.5. The number of rotatable bonds is 9. The van der Waals surface area contributed by atoms with E-state index in [0.29, 0.717) is 5.76 Å². The van der Waals surface area contributed by atoms with Gasteiger partial charge >= 0.3 is 10.3 Å². The molecule has 1 saturated carbocycles. The summed E-state index contributed by atoms with van der Waals surface area (Å²) in [6.45, 7) is 0.232. The van der Waals surface area contributed by atoms with E-state index in [-0.39, 0.29) is 40.3 Å². The molecule has 3 aromatic rings. The Hall–Kier alpha value is -2.55. The molecule has 1 fully saturated rings. The van der Waals surface area contributed by atoms with Gasteiger partial charge in [0.15, 0.2) is 11.0 Å². The average molecular weight is 548 g/mol. The molecule has 0 spiro atoms. The van der Waals surface area contributed by atoms with E-state index in [1.165, 1.54) is 18.5 Å². The zero-order valence-corrected chi connectivity index (χ0v) is 20.4. The molecule has 1 aliphatic carbocycles. The standard InChI is InChI=1S/C20H20Cl2FN5O6S/c1-24-35(31,32)34-14-5-13(17(23)19(14)30)27-20-12(6-25-9-26-20)18(29)10-4-15(21)28(7-10)8-11-2-3-16(22)33-11/h2-4,6-7,9,13-14,17,19,24,30H,5,8H2,1H3,(H,25,26,27)/t13-,14-,17-,19-/m1/s1. The fourth-order valence-electron chi connectivity index (χ4n) is 3.68. The molecule has 3 N–H and O–H groups in total. The number of ketones is 1. The lowest BCUT2D eigenvalue weighted by Gasteiger charge is -2.17. The molecule has 3 heterocycles. The largest absolute Gasteiger partial charge is 0.448 e. The number of carbonyl (C=O) groups excluding carboxylic acids is 1. The van der Waals surface area contributed by atoms with Crippen LogP contribution in [-0.2, 0) is 21.0 Å². The Morgan fingerprint density at radius 2 is 2.17 bits per heavy atom. The van der Waals surface area contributed by atoms with Crippen molar-refractivity contribution in [1.82, 2.24) is 19.3 Å². The summed E-state index contributed by atoms with van der Waals surface area (Å²) in [6.07, 6.45) is -1.19. The highest BCUT2D eigenvalue weighted by molar-refractivity contribution is 7.84. The number of halogens is 3. The fourth-order valence-corrected chi connectivity index (χ4v) is 4.68. The van der Waals surface area contributed by atoms with E-state index in [1.54, 1.807) is 16.7 Å². The Morgan fingerprint density at radius 3 is 2.86 bits per heavy atom. The maximum atomic E-state index is 14.7. The number of nitrogens with one attached hydrogen (secondary N) is 2. The Balaban J connectivity index is 1.53. The molecule has 35 heavy (non-hydrogen) atoms. The first kappa shape index (κ1) is 25.5. The maximum Gasteiger partial charge on any atom is 0.335 e. The molecule has 1 aliphatic rings. The predicted octanol–water partition coefficient (Wildman–Crippen LogP) is 2.19. The van der Waals surface area contributed by atoms with Gasteiger partial charge in [-0.25, -0.2) is 14.4 Å². The molecule has 11 nitrogen and oxygen atoms in total. The summed E-state index contributed by atoms with van der Waals surface area (Å²) in [5, 5.41) is 13.4. The van der Waals surface area contributed by atoms with Gasteiger partial charge in [-0.05, 0) is 29.8 Å². The van der Waals surface area contributed by atoms with Crippen LogP contribution in [0.5, 0.6) is 0 Å². The lowest BCUT2D eigenvalue weighted by Crippen LogP contribution is -2.35. The van der Waals surface area contributed by atoms with Crippen molar-refractivity contribution in [1.29, 1.82) is 0 Å². The minimum Gasteiger partial charge on any atom is -0.448 e. The summed E-state index contributed by atoms with van der Waals surface area (Å²) in [4.78, 5) is 21.1. The molecular formula is C20H20Cl2FN5O6S. The Kier molecular flexibility index (Phi) is 7.45. The summed E-state index contributed by atoms with van der Waals surface area (Å²) >= 11 is 12.1. The van der Waals surface area contributed by atoms with E-state index >= 15 is 0 Å². The molecule has 4 rings (SSSR count). The number of aliphatic hydroxyl groups is 1. The molecular weight excluding hydrogens is 528 g/mol. The van der Waals surface area contributed by atoms with Crippen molar-refractivity contribution in [3.05, 3.63) is 64.2 Å². The van der Waals surface area contributed by atoms with Crippen LogP contribution in [0.1, 0.15) is 28.1 Å². The second kappa shape index (κ2) is 10.2. The highest BCUT2D eigenvalue weighted by Crippen LogP contribution is 2.31. The molecule has 0 aliphatic heterocycles. The monoisotopic (exact) mass is 547 g/mol. The zero-order chi connectivity index (χ0) is 25.3. The van der Waals surface area contributed by atoms with Gasteiger partial charge in [0.25, 0.3) is 0 Å². The second-order valence-corrected chi connectivity index (χ2v) is 9.98. The molecule has 0 amide bonds. The van der Waals surface area contributed by atoms with Crippen LogP contribution >= 0.6 is 23.2 Å².